The standard InChI is InChI=1S/C12H12N2.CH2O/c13-11-7-6-10(8-12(11)14)9-4-2-1-3-5-9;1-2/h1-8H,13-14H2;1H2. The van der Waals surface area contributed by atoms with Crippen LogP contribution in [0.15, 0.2) is 48.5 Å². The third-order valence-electron chi connectivity index (χ3n) is 2.19. The summed E-state index contributed by atoms with van der Waals surface area (Å²) in [6.45, 7) is 2.00. The van der Waals surface area contributed by atoms with Crippen molar-refractivity contribution in [3.63, 3.8) is 0 Å². The average molecular weight is 214 g/mol. The Balaban J connectivity index is 0.000000606. The van der Waals surface area contributed by atoms with Crippen molar-refractivity contribution in [1.29, 1.82) is 0 Å². The predicted octanol–water partition coefficient (Wildman–Crippen LogP) is 2.33. The molecule has 3 nitrogen and oxygen atoms in total. The summed E-state index contributed by atoms with van der Waals surface area (Å²) in [7, 11) is 0. The van der Waals surface area contributed by atoms with E-state index >= 15 is 0 Å². The van der Waals surface area contributed by atoms with Gasteiger partial charge in [0.2, 0.25) is 0 Å². The lowest BCUT2D eigenvalue weighted by molar-refractivity contribution is -0.0979. The molecule has 16 heavy (non-hydrogen) atoms. The van der Waals surface area contributed by atoms with Gasteiger partial charge in [-0.25, -0.2) is 0 Å². The Morgan fingerprint density at radius 3 is 1.94 bits per heavy atom. The Kier molecular flexibility index (Phi) is 4.09. The summed E-state index contributed by atoms with van der Waals surface area (Å²) in [6, 6.07) is 15.8. The second-order valence-electron chi connectivity index (χ2n) is 3.21. The molecule has 4 N–H and O–H groups in total. The van der Waals surface area contributed by atoms with Crippen molar-refractivity contribution in [1.82, 2.24) is 0 Å². The summed E-state index contributed by atoms with van der Waals surface area (Å²) in [6.07, 6.45) is 0. The van der Waals surface area contributed by atoms with E-state index < -0.39 is 0 Å². The number of rotatable bonds is 1. The first-order valence-corrected chi connectivity index (χ1v) is 4.76. The normalized spacial score (nSPS) is 9.00. The van der Waals surface area contributed by atoms with Gasteiger partial charge < -0.3 is 16.3 Å². The molecule has 0 aliphatic heterocycles. The van der Waals surface area contributed by atoms with Gasteiger partial charge in [-0.05, 0) is 23.3 Å². The van der Waals surface area contributed by atoms with Crippen LogP contribution in [0.5, 0.6) is 0 Å². The van der Waals surface area contributed by atoms with Gasteiger partial charge in [-0.2, -0.15) is 0 Å². The molecule has 0 unspecified atom stereocenters. The van der Waals surface area contributed by atoms with Crippen molar-refractivity contribution in [2.24, 2.45) is 0 Å². The third kappa shape index (κ3) is 2.60. The lowest BCUT2D eigenvalue weighted by atomic mass is 10.0. The van der Waals surface area contributed by atoms with Gasteiger partial charge in [0.1, 0.15) is 6.79 Å². The van der Waals surface area contributed by atoms with Gasteiger partial charge in [-0.1, -0.05) is 36.4 Å². The number of anilines is 2. The van der Waals surface area contributed by atoms with Crippen LogP contribution in [-0.4, -0.2) is 6.79 Å². The van der Waals surface area contributed by atoms with E-state index in [-0.39, 0.29) is 0 Å². The summed E-state index contributed by atoms with van der Waals surface area (Å²) in [5.41, 5.74) is 14.9. The maximum Gasteiger partial charge on any atom is 0.106 e. The van der Waals surface area contributed by atoms with E-state index in [0.29, 0.717) is 11.4 Å². The molecule has 2 aromatic carbocycles. The topological polar surface area (TPSA) is 69.1 Å². The van der Waals surface area contributed by atoms with E-state index in [9.17, 15) is 0 Å². The van der Waals surface area contributed by atoms with Crippen LogP contribution in [0.3, 0.4) is 0 Å². The molecule has 0 saturated carbocycles. The molecule has 0 spiro atoms. The van der Waals surface area contributed by atoms with E-state index in [1.165, 1.54) is 0 Å². The van der Waals surface area contributed by atoms with E-state index in [2.05, 4.69) is 0 Å². The monoisotopic (exact) mass is 214 g/mol. The van der Waals surface area contributed by atoms with Gasteiger partial charge in [0, 0.05) is 0 Å². The number of nitrogens with two attached hydrogens (primary N) is 2. The van der Waals surface area contributed by atoms with Crippen LogP contribution in [0, 0.1) is 0 Å². The van der Waals surface area contributed by atoms with Crippen molar-refractivity contribution in [2.45, 2.75) is 0 Å². The minimum atomic E-state index is 0.629. The highest BCUT2D eigenvalue weighted by atomic mass is 16.1. The number of benzene rings is 2. The smallest absolute Gasteiger partial charge is 0.106 e. The molecule has 0 saturated heterocycles. The summed E-state index contributed by atoms with van der Waals surface area (Å²) in [4.78, 5) is 8.00. The molecular weight excluding hydrogens is 200 g/mol. The molecule has 0 atom stereocenters. The molecule has 0 aliphatic rings. The number of nitrogen functional groups attached to an aromatic ring is 2. The Hall–Kier alpha value is -2.29. The fraction of sp³-hybridized carbons (Fsp3) is 0. The van der Waals surface area contributed by atoms with E-state index in [1.807, 2.05) is 55.3 Å². The van der Waals surface area contributed by atoms with Crippen LogP contribution in [0.2, 0.25) is 0 Å². The quantitative estimate of drug-likeness (QED) is 0.716. The minimum absolute atomic E-state index is 0.629. The lowest BCUT2D eigenvalue weighted by Gasteiger charge is -2.04. The highest BCUT2D eigenvalue weighted by Gasteiger charge is 1.98. The van der Waals surface area contributed by atoms with E-state index in [4.69, 9.17) is 16.3 Å². The van der Waals surface area contributed by atoms with Gasteiger partial charge >= 0.3 is 0 Å². The van der Waals surface area contributed by atoms with E-state index in [1.54, 1.807) is 0 Å². The molecule has 3 heteroatoms. The summed E-state index contributed by atoms with van der Waals surface area (Å²) < 4.78 is 0. The van der Waals surface area contributed by atoms with E-state index in [0.717, 1.165) is 11.1 Å². The summed E-state index contributed by atoms with van der Waals surface area (Å²) >= 11 is 0. The highest BCUT2D eigenvalue weighted by molar-refractivity contribution is 5.74. The molecule has 0 bridgehead atoms. The van der Waals surface area contributed by atoms with Crippen molar-refractivity contribution >= 4 is 18.2 Å². The van der Waals surface area contributed by atoms with Gasteiger partial charge in [-0.15, -0.1) is 0 Å². The van der Waals surface area contributed by atoms with Crippen LogP contribution in [0.25, 0.3) is 11.1 Å². The third-order valence-corrected chi connectivity index (χ3v) is 2.19. The fourth-order valence-electron chi connectivity index (χ4n) is 1.38. The van der Waals surface area contributed by atoms with Crippen LogP contribution < -0.4 is 11.5 Å². The number of hydrogen-bond donors (Lipinski definition) is 2. The SMILES string of the molecule is C=O.Nc1ccc(-c2ccccc2)cc1N. The number of carbonyl (C=O) groups excluding carboxylic acids is 1. The number of hydrogen-bond acceptors (Lipinski definition) is 3. The molecular formula is C13H14N2O. The van der Waals surface area contributed by atoms with Crippen molar-refractivity contribution in [3.05, 3.63) is 48.5 Å². The molecule has 0 aromatic heterocycles. The largest absolute Gasteiger partial charge is 0.397 e. The zero-order valence-electron chi connectivity index (χ0n) is 8.89. The zero-order valence-corrected chi connectivity index (χ0v) is 8.89. The second kappa shape index (κ2) is 5.56. The van der Waals surface area contributed by atoms with Crippen molar-refractivity contribution < 1.29 is 4.79 Å². The molecule has 0 heterocycles. The molecule has 0 radical (unpaired) electrons. The molecule has 2 aromatic rings. The minimum Gasteiger partial charge on any atom is -0.397 e. The van der Waals surface area contributed by atoms with Gasteiger partial charge in [-0.3, -0.25) is 0 Å². The Bertz CT molecular complexity index is 455. The maximum absolute atomic E-state index is 8.00. The van der Waals surface area contributed by atoms with Crippen LogP contribution in [0.1, 0.15) is 0 Å². The summed E-state index contributed by atoms with van der Waals surface area (Å²) in [5.74, 6) is 0. The van der Waals surface area contributed by atoms with Gasteiger partial charge in [0.05, 0.1) is 11.4 Å². The average Bonchev–Trinajstić information content (AvgIpc) is 2.36. The van der Waals surface area contributed by atoms with Crippen LogP contribution >= 0.6 is 0 Å². The maximum atomic E-state index is 8.00. The predicted molar refractivity (Wildman–Crippen MR) is 67.8 cm³/mol. The zero-order chi connectivity index (χ0) is 12.0. The molecule has 82 valence electrons. The first-order valence-electron chi connectivity index (χ1n) is 4.76. The molecule has 0 fully saturated rings. The highest BCUT2D eigenvalue weighted by Crippen LogP contribution is 2.24. The summed E-state index contributed by atoms with van der Waals surface area (Å²) in [5, 5.41) is 0. The Labute approximate surface area is 94.7 Å². The Morgan fingerprint density at radius 2 is 1.38 bits per heavy atom. The second-order valence-corrected chi connectivity index (χ2v) is 3.21. The number of carbonyl (C=O) groups is 1. The van der Waals surface area contributed by atoms with Gasteiger partial charge in [0.25, 0.3) is 0 Å². The molecule has 0 aliphatic carbocycles. The van der Waals surface area contributed by atoms with Crippen molar-refractivity contribution in [3.8, 4) is 11.1 Å². The lowest BCUT2D eigenvalue weighted by Crippen LogP contribution is -1.94. The first-order chi connectivity index (χ1) is 7.77. The fourth-order valence-corrected chi connectivity index (χ4v) is 1.38. The molecule has 2 rings (SSSR count). The van der Waals surface area contributed by atoms with Crippen LogP contribution in [0.4, 0.5) is 11.4 Å². The van der Waals surface area contributed by atoms with Crippen LogP contribution in [-0.2, 0) is 4.79 Å². The first kappa shape index (κ1) is 11.8. The van der Waals surface area contributed by atoms with Gasteiger partial charge in [0.15, 0.2) is 0 Å². The van der Waals surface area contributed by atoms with Crippen molar-refractivity contribution in [2.75, 3.05) is 11.5 Å². The Morgan fingerprint density at radius 1 is 0.750 bits per heavy atom. The molecule has 0 amide bonds.